The number of benzene rings is 1. The fourth-order valence-corrected chi connectivity index (χ4v) is 1.76. The molecule has 0 aliphatic carbocycles. The van der Waals surface area contributed by atoms with Crippen LogP contribution in [-0.2, 0) is 6.54 Å². The first kappa shape index (κ1) is 14.1. The molecule has 0 aliphatic rings. The lowest BCUT2D eigenvalue weighted by Crippen LogP contribution is -2.39. The van der Waals surface area contributed by atoms with E-state index in [1.54, 1.807) is 13.0 Å². The fourth-order valence-electron chi connectivity index (χ4n) is 1.76. The molecule has 0 spiro atoms. The molecule has 17 heavy (non-hydrogen) atoms. The van der Waals surface area contributed by atoms with E-state index in [1.807, 2.05) is 19.9 Å². The van der Waals surface area contributed by atoms with E-state index in [2.05, 4.69) is 5.32 Å². The molecule has 0 saturated carbocycles. The van der Waals surface area contributed by atoms with Gasteiger partial charge in [0.2, 0.25) is 0 Å². The zero-order valence-corrected chi connectivity index (χ0v) is 10.9. The molecule has 96 valence electrons. The van der Waals surface area contributed by atoms with E-state index >= 15 is 0 Å². The van der Waals surface area contributed by atoms with Crippen LogP contribution in [0.2, 0.25) is 0 Å². The van der Waals surface area contributed by atoms with Crippen molar-refractivity contribution in [2.75, 3.05) is 6.54 Å². The van der Waals surface area contributed by atoms with Crippen molar-refractivity contribution in [2.45, 2.75) is 45.8 Å². The third kappa shape index (κ3) is 4.10. The molecule has 0 heterocycles. The normalized spacial score (nSPS) is 11.8. The summed E-state index contributed by atoms with van der Waals surface area (Å²) < 4.78 is 13.1. The molecule has 0 fully saturated rings. The van der Waals surface area contributed by atoms with E-state index < -0.39 is 5.60 Å². The number of halogens is 1. The summed E-state index contributed by atoms with van der Waals surface area (Å²) in [6.07, 6.45) is 1.47. The molecule has 0 atom stereocenters. The third-order valence-electron chi connectivity index (χ3n) is 3.32. The van der Waals surface area contributed by atoms with Crippen LogP contribution >= 0.6 is 0 Å². The number of hydrogen-bond donors (Lipinski definition) is 2. The molecule has 2 N–H and O–H groups in total. The van der Waals surface area contributed by atoms with Gasteiger partial charge in [-0.3, -0.25) is 0 Å². The van der Waals surface area contributed by atoms with Gasteiger partial charge in [0.05, 0.1) is 5.60 Å². The van der Waals surface area contributed by atoms with E-state index in [9.17, 15) is 9.50 Å². The predicted octanol–water partition coefficient (Wildman–Crippen LogP) is 2.77. The Morgan fingerprint density at radius 3 is 2.47 bits per heavy atom. The Morgan fingerprint density at radius 2 is 1.94 bits per heavy atom. The van der Waals surface area contributed by atoms with Gasteiger partial charge in [-0.1, -0.05) is 26.0 Å². The van der Waals surface area contributed by atoms with Crippen molar-refractivity contribution in [1.29, 1.82) is 0 Å². The van der Waals surface area contributed by atoms with Crippen LogP contribution in [-0.4, -0.2) is 17.3 Å². The predicted molar refractivity (Wildman–Crippen MR) is 68.4 cm³/mol. The number of aryl methyl sites for hydroxylation is 1. The molecule has 0 amide bonds. The molecule has 0 bridgehead atoms. The molecule has 0 unspecified atom stereocenters. The summed E-state index contributed by atoms with van der Waals surface area (Å²) in [4.78, 5) is 0. The second-order valence-electron chi connectivity index (χ2n) is 4.62. The molecule has 0 radical (unpaired) electrons. The van der Waals surface area contributed by atoms with E-state index in [-0.39, 0.29) is 5.82 Å². The SMILES string of the molecule is CCC(O)(CC)CNCc1ccc(F)c(C)c1. The average Bonchev–Trinajstić information content (AvgIpc) is 2.33. The van der Waals surface area contributed by atoms with Gasteiger partial charge in [0.15, 0.2) is 0 Å². The van der Waals surface area contributed by atoms with Crippen LogP contribution in [0.1, 0.15) is 37.8 Å². The molecule has 1 aromatic carbocycles. The van der Waals surface area contributed by atoms with Crippen LogP contribution in [0.3, 0.4) is 0 Å². The quantitative estimate of drug-likeness (QED) is 0.800. The highest BCUT2D eigenvalue weighted by Gasteiger charge is 2.20. The smallest absolute Gasteiger partial charge is 0.126 e. The number of hydrogen-bond acceptors (Lipinski definition) is 2. The molecule has 0 saturated heterocycles. The van der Waals surface area contributed by atoms with Gasteiger partial charge in [-0.05, 0) is 37.0 Å². The molecular formula is C14H22FNO. The lowest BCUT2D eigenvalue weighted by Gasteiger charge is -2.25. The average molecular weight is 239 g/mol. The first-order chi connectivity index (χ1) is 8.00. The summed E-state index contributed by atoms with van der Waals surface area (Å²) in [5.41, 5.74) is 1.07. The van der Waals surface area contributed by atoms with Crippen LogP contribution in [0, 0.1) is 12.7 Å². The van der Waals surface area contributed by atoms with Gasteiger partial charge in [-0.2, -0.15) is 0 Å². The van der Waals surface area contributed by atoms with Crippen molar-refractivity contribution in [1.82, 2.24) is 5.32 Å². The molecule has 2 nitrogen and oxygen atoms in total. The maximum Gasteiger partial charge on any atom is 0.126 e. The van der Waals surface area contributed by atoms with E-state index in [1.165, 1.54) is 6.07 Å². The lowest BCUT2D eigenvalue weighted by atomic mass is 9.97. The lowest BCUT2D eigenvalue weighted by molar-refractivity contribution is 0.0323. The Bertz CT molecular complexity index is 361. The summed E-state index contributed by atoms with van der Waals surface area (Å²) in [5.74, 6) is -0.174. The summed E-state index contributed by atoms with van der Waals surface area (Å²) >= 11 is 0. The molecule has 1 rings (SSSR count). The minimum absolute atomic E-state index is 0.174. The van der Waals surface area contributed by atoms with Crippen molar-refractivity contribution in [3.8, 4) is 0 Å². The maximum atomic E-state index is 13.1. The van der Waals surface area contributed by atoms with E-state index in [0.29, 0.717) is 18.7 Å². The highest BCUT2D eigenvalue weighted by Crippen LogP contribution is 2.14. The number of nitrogens with one attached hydrogen (secondary N) is 1. The van der Waals surface area contributed by atoms with Crippen LogP contribution in [0.4, 0.5) is 4.39 Å². The van der Waals surface area contributed by atoms with Crippen molar-refractivity contribution < 1.29 is 9.50 Å². The Morgan fingerprint density at radius 1 is 1.29 bits per heavy atom. The van der Waals surface area contributed by atoms with Crippen molar-refractivity contribution in [3.05, 3.63) is 35.1 Å². The van der Waals surface area contributed by atoms with Crippen molar-refractivity contribution in [2.24, 2.45) is 0 Å². The largest absolute Gasteiger partial charge is 0.389 e. The highest BCUT2D eigenvalue weighted by molar-refractivity contribution is 5.23. The zero-order valence-electron chi connectivity index (χ0n) is 10.9. The van der Waals surface area contributed by atoms with Gasteiger partial charge >= 0.3 is 0 Å². The third-order valence-corrected chi connectivity index (χ3v) is 3.32. The zero-order chi connectivity index (χ0) is 12.9. The van der Waals surface area contributed by atoms with Gasteiger partial charge in [0.25, 0.3) is 0 Å². The van der Waals surface area contributed by atoms with Crippen LogP contribution in [0.5, 0.6) is 0 Å². The second kappa shape index (κ2) is 6.12. The fraction of sp³-hybridized carbons (Fsp3) is 0.571. The molecule has 0 aliphatic heterocycles. The molecule has 0 aromatic heterocycles. The minimum Gasteiger partial charge on any atom is -0.389 e. The first-order valence-electron chi connectivity index (χ1n) is 6.19. The van der Waals surface area contributed by atoms with Crippen molar-refractivity contribution >= 4 is 0 Å². The molecule has 3 heteroatoms. The molecule has 1 aromatic rings. The van der Waals surface area contributed by atoms with Gasteiger partial charge < -0.3 is 10.4 Å². The van der Waals surface area contributed by atoms with Gasteiger partial charge in [0.1, 0.15) is 5.82 Å². The van der Waals surface area contributed by atoms with Gasteiger partial charge in [-0.25, -0.2) is 4.39 Å². The first-order valence-corrected chi connectivity index (χ1v) is 6.19. The number of rotatable bonds is 6. The highest BCUT2D eigenvalue weighted by atomic mass is 19.1. The molecular weight excluding hydrogens is 217 g/mol. The standard InChI is InChI=1S/C14H22FNO/c1-4-14(17,5-2)10-16-9-12-6-7-13(15)11(3)8-12/h6-8,16-17H,4-5,9-10H2,1-3H3. The van der Waals surface area contributed by atoms with Crippen molar-refractivity contribution in [3.63, 3.8) is 0 Å². The van der Waals surface area contributed by atoms with Gasteiger partial charge in [0, 0.05) is 13.1 Å². The van der Waals surface area contributed by atoms with Gasteiger partial charge in [-0.15, -0.1) is 0 Å². The minimum atomic E-state index is -0.630. The van der Waals surface area contributed by atoms with E-state index in [4.69, 9.17) is 0 Å². The monoisotopic (exact) mass is 239 g/mol. The Kier molecular flexibility index (Phi) is 5.09. The van der Waals surface area contributed by atoms with E-state index in [0.717, 1.165) is 18.4 Å². The topological polar surface area (TPSA) is 32.3 Å². The Balaban J connectivity index is 2.48. The number of aliphatic hydroxyl groups is 1. The Hall–Kier alpha value is -0.930. The summed E-state index contributed by atoms with van der Waals surface area (Å²) in [6, 6.07) is 5.09. The second-order valence-corrected chi connectivity index (χ2v) is 4.62. The van der Waals surface area contributed by atoms with Crippen LogP contribution in [0.15, 0.2) is 18.2 Å². The summed E-state index contributed by atoms with van der Waals surface area (Å²) in [5, 5.41) is 13.3. The van der Waals surface area contributed by atoms with Crippen LogP contribution in [0.25, 0.3) is 0 Å². The van der Waals surface area contributed by atoms with Crippen LogP contribution < -0.4 is 5.32 Å². The summed E-state index contributed by atoms with van der Waals surface area (Å²) in [6.45, 7) is 6.94. The maximum absolute atomic E-state index is 13.1. The summed E-state index contributed by atoms with van der Waals surface area (Å²) in [7, 11) is 0. The Labute approximate surface area is 103 Å².